The molecule has 3 aliphatic rings. The average molecular weight is 247 g/mol. The van der Waals surface area contributed by atoms with E-state index in [0.717, 1.165) is 37.4 Å². The summed E-state index contributed by atoms with van der Waals surface area (Å²) >= 11 is 0. The Bertz CT molecular complexity index is 480. The van der Waals surface area contributed by atoms with Gasteiger partial charge in [0.05, 0.1) is 12.2 Å². The van der Waals surface area contributed by atoms with Gasteiger partial charge in [-0.05, 0) is 37.6 Å². The fraction of sp³-hybridized carbons (Fsp3) is 0.571. The van der Waals surface area contributed by atoms with Crippen molar-refractivity contribution in [3.05, 3.63) is 23.3 Å². The van der Waals surface area contributed by atoms with Gasteiger partial charge in [-0.1, -0.05) is 6.07 Å². The van der Waals surface area contributed by atoms with E-state index in [9.17, 15) is 0 Å². The smallest absolute Gasteiger partial charge is 0.167 e. The first kappa shape index (κ1) is 10.6. The SMILES string of the molecule is c1cc2c(c3c1OCCO3)COC21CCNCC1. The van der Waals surface area contributed by atoms with Gasteiger partial charge < -0.3 is 19.5 Å². The first-order valence-corrected chi connectivity index (χ1v) is 6.66. The van der Waals surface area contributed by atoms with Crippen molar-refractivity contribution in [2.45, 2.75) is 25.0 Å². The van der Waals surface area contributed by atoms with E-state index in [1.165, 1.54) is 11.1 Å². The molecule has 96 valence electrons. The predicted octanol–water partition coefficient (Wildman–Crippen LogP) is 1.57. The molecule has 0 aromatic heterocycles. The van der Waals surface area contributed by atoms with Crippen LogP contribution in [0.1, 0.15) is 24.0 Å². The molecule has 0 radical (unpaired) electrons. The number of ether oxygens (including phenoxy) is 3. The molecule has 0 aliphatic carbocycles. The number of nitrogens with one attached hydrogen (secondary N) is 1. The highest BCUT2D eigenvalue weighted by molar-refractivity contribution is 5.54. The van der Waals surface area contributed by atoms with E-state index in [0.29, 0.717) is 19.8 Å². The van der Waals surface area contributed by atoms with Crippen molar-refractivity contribution in [2.24, 2.45) is 0 Å². The lowest BCUT2D eigenvalue weighted by Crippen LogP contribution is -2.39. The van der Waals surface area contributed by atoms with E-state index in [1.807, 2.05) is 6.07 Å². The van der Waals surface area contributed by atoms with Crippen LogP contribution in [0.5, 0.6) is 11.5 Å². The van der Waals surface area contributed by atoms with Crippen LogP contribution in [0.25, 0.3) is 0 Å². The van der Waals surface area contributed by atoms with Crippen LogP contribution in [0.2, 0.25) is 0 Å². The maximum atomic E-state index is 6.14. The van der Waals surface area contributed by atoms with Gasteiger partial charge in [-0.3, -0.25) is 0 Å². The highest BCUT2D eigenvalue weighted by atomic mass is 16.6. The third-order valence-corrected chi connectivity index (χ3v) is 4.21. The summed E-state index contributed by atoms with van der Waals surface area (Å²) in [4.78, 5) is 0. The second-order valence-electron chi connectivity index (χ2n) is 5.15. The summed E-state index contributed by atoms with van der Waals surface area (Å²) in [5.41, 5.74) is 2.43. The Morgan fingerprint density at radius 2 is 1.89 bits per heavy atom. The highest BCUT2D eigenvalue weighted by Crippen LogP contribution is 2.49. The Labute approximate surface area is 106 Å². The molecule has 1 aromatic carbocycles. The first-order valence-electron chi connectivity index (χ1n) is 6.66. The molecular weight excluding hydrogens is 230 g/mol. The molecule has 4 rings (SSSR count). The molecule has 0 atom stereocenters. The van der Waals surface area contributed by atoms with Gasteiger partial charge in [0.15, 0.2) is 11.5 Å². The number of rotatable bonds is 0. The summed E-state index contributed by atoms with van der Waals surface area (Å²) in [7, 11) is 0. The number of benzene rings is 1. The highest BCUT2D eigenvalue weighted by Gasteiger charge is 2.43. The van der Waals surface area contributed by atoms with Crippen LogP contribution < -0.4 is 14.8 Å². The minimum atomic E-state index is -0.0869. The van der Waals surface area contributed by atoms with Crippen molar-refractivity contribution in [1.29, 1.82) is 0 Å². The minimum Gasteiger partial charge on any atom is -0.486 e. The molecule has 1 fully saturated rings. The molecule has 0 bridgehead atoms. The van der Waals surface area contributed by atoms with Crippen LogP contribution >= 0.6 is 0 Å². The van der Waals surface area contributed by atoms with Gasteiger partial charge in [0, 0.05) is 5.56 Å². The van der Waals surface area contributed by atoms with Gasteiger partial charge in [0.25, 0.3) is 0 Å². The molecule has 4 heteroatoms. The second-order valence-corrected chi connectivity index (χ2v) is 5.15. The molecule has 1 N–H and O–H groups in total. The zero-order valence-corrected chi connectivity index (χ0v) is 10.3. The summed E-state index contributed by atoms with van der Waals surface area (Å²) in [5.74, 6) is 1.78. The normalized spacial score (nSPS) is 24.0. The van der Waals surface area contributed by atoms with Crippen molar-refractivity contribution >= 4 is 0 Å². The Morgan fingerprint density at radius 1 is 1.06 bits per heavy atom. The fourth-order valence-electron chi connectivity index (χ4n) is 3.28. The van der Waals surface area contributed by atoms with E-state index in [4.69, 9.17) is 14.2 Å². The molecule has 0 saturated carbocycles. The average Bonchev–Trinajstić information content (AvgIpc) is 2.79. The fourth-order valence-corrected chi connectivity index (χ4v) is 3.28. The second kappa shape index (κ2) is 3.87. The summed E-state index contributed by atoms with van der Waals surface area (Å²) in [6.07, 6.45) is 2.08. The van der Waals surface area contributed by atoms with E-state index in [-0.39, 0.29) is 5.60 Å². The van der Waals surface area contributed by atoms with E-state index in [2.05, 4.69) is 11.4 Å². The van der Waals surface area contributed by atoms with E-state index >= 15 is 0 Å². The predicted molar refractivity (Wildman–Crippen MR) is 66.0 cm³/mol. The number of hydrogen-bond acceptors (Lipinski definition) is 4. The summed E-state index contributed by atoms with van der Waals surface area (Å²) in [6, 6.07) is 4.20. The van der Waals surface area contributed by atoms with E-state index < -0.39 is 0 Å². The summed E-state index contributed by atoms with van der Waals surface area (Å²) < 4.78 is 17.6. The Balaban J connectivity index is 1.81. The molecule has 4 nitrogen and oxygen atoms in total. The summed E-state index contributed by atoms with van der Waals surface area (Å²) in [5, 5.41) is 3.39. The van der Waals surface area contributed by atoms with Gasteiger partial charge in [-0.25, -0.2) is 0 Å². The lowest BCUT2D eigenvalue weighted by atomic mass is 9.84. The van der Waals surface area contributed by atoms with Gasteiger partial charge in [0.2, 0.25) is 0 Å². The molecule has 0 amide bonds. The maximum absolute atomic E-state index is 6.14. The quantitative estimate of drug-likeness (QED) is 0.755. The Morgan fingerprint density at radius 3 is 2.78 bits per heavy atom. The van der Waals surface area contributed by atoms with Crippen LogP contribution in [-0.2, 0) is 16.9 Å². The Hall–Kier alpha value is -1.26. The van der Waals surface area contributed by atoms with Gasteiger partial charge in [0.1, 0.15) is 13.2 Å². The van der Waals surface area contributed by atoms with Gasteiger partial charge in [-0.15, -0.1) is 0 Å². The lowest BCUT2D eigenvalue weighted by Gasteiger charge is -2.34. The Kier molecular flexibility index (Phi) is 2.29. The van der Waals surface area contributed by atoms with E-state index in [1.54, 1.807) is 0 Å². The third kappa shape index (κ3) is 1.39. The molecule has 0 unspecified atom stereocenters. The van der Waals surface area contributed by atoms with Crippen molar-refractivity contribution in [2.75, 3.05) is 26.3 Å². The van der Waals surface area contributed by atoms with Crippen molar-refractivity contribution < 1.29 is 14.2 Å². The molecule has 3 heterocycles. The third-order valence-electron chi connectivity index (χ3n) is 4.21. The molecule has 1 saturated heterocycles. The van der Waals surface area contributed by atoms with Crippen molar-refractivity contribution in [3.63, 3.8) is 0 Å². The van der Waals surface area contributed by atoms with Crippen LogP contribution in [0.15, 0.2) is 12.1 Å². The molecule has 1 aromatic rings. The zero-order chi connectivity index (χ0) is 12.0. The van der Waals surface area contributed by atoms with Crippen LogP contribution in [0, 0.1) is 0 Å². The van der Waals surface area contributed by atoms with Crippen LogP contribution in [0.4, 0.5) is 0 Å². The van der Waals surface area contributed by atoms with Crippen LogP contribution in [0.3, 0.4) is 0 Å². The van der Waals surface area contributed by atoms with Crippen LogP contribution in [-0.4, -0.2) is 26.3 Å². The zero-order valence-electron chi connectivity index (χ0n) is 10.3. The number of piperidine rings is 1. The largest absolute Gasteiger partial charge is 0.486 e. The molecule has 3 aliphatic heterocycles. The lowest BCUT2D eigenvalue weighted by molar-refractivity contribution is -0.0592. The first-order chi connectivity index (χ1) is 8.89. The molecular formula is C14H17NO3. The number of hydrogen-bond donors (Lipinski definition) is 1. The topological polar surface area (TPSA) is 39.7 Å². The minimum absolute atomic E-state index is 0.0869. The molecule has 1 spiro atoms. The standard InChI is InChI=1S/C14H17NO3/c1-2-12-13(17-8-7-16-12)10-9-18-14(11(1)10)3-5-15-6-4-14/h1-2,15H,3-9H2. The number of fused-ring (bicyclic) bond motifs is 4. The van der Waals surface area contributed by atoms with Crippen molar-refractivity contribution in [1.82, 2.24) is 5.32 Å². The van der Waals surface area contributed by atoms with Crippen molar-refractivity contribution in [3.8, 4) is 11.5 Å². The monoisotopic (exact) mass is 247 g/mol. The van der Waals surface area contributed by atoms with Gasteiger partial charge in [-0.2, -0.15) is 0 Å². The summed E-state index contributed by atoms with van der Waals surface area (Å²) in [6.45, 7) is 3.98. The molecule has 18 heavy (non-hydrogen) atoms. The maximum Gasteiger partial charge on any atom is 0.167 e. The van der Waals surface area contributed by atoms with Gasteiger partial charge >= 0.3 is 0 Å².